The Kier molecular flexibility index (Phi) is 5.64. The molecule has 0 spiro atoms. The van der Waals surface area contributed by atoms with Crippen molar-refractivity contribution in [1.82, 2.24) is 9.88 Å². The molecule has 0 saturated carbocycles. The second-order valence-corrected chi connectivity index (χ2v) is 5.94. The zero-order chi connectivity index (χ0) is 17.9. The van der Waals surface area contributed by atoms with Crippen LogP contribution in [-0.2, 0) is 14.3 Å². The molecule has 2 rings (SSSR count). The Labute approximate surface area is 141 Å². The molecule has 0 radical (unpaired) electrons. The number of ether oxygens (including phenoxy) is 2. The van der Waals surface area contributed by atoms with Crippen molar-refractivity contribution >= 4 is 17.8 Å². The van der Waals surface area contributed by atoms with Gasteiger partial charge in [-0.05, 0) is 39.2 Å². The summed E-state index contributed by atoms with van der Waals surface area (Å²) in [5.74, 6) is -0.954. The van der Waals surface area contributed by atoms with Gasteiger partial charge in [0, 0.05) is 18.8 Å². The van der Waals surface area contributed by atoms with Crippen molar-refractivity contribution < 1.29 is 23.9 Å². The van der Waals surface area contributed by atoms with Crippen molar-refractivity contribution in [1.29, 1.82) is 0 Å². The Balaban J connectivity index is 2.09. The van der Waals surface area contributed by atoms with E-state index in [9.17, 15) is 14.4 Å². The molecule has 7 heteroatoms. The summed E-state index contributed by atoms with van der Waals surface area (Å²) >= 11 is 0. The lowest BCUT2D eigenvalue weighted by Gasteiger charge is -2.30. The standard InChI is InChI=1S/C17H24N2O5/c1-5-24-16(21)12-6-8-19(9-7-12)15(20)14-10(2)13(11(3)18-14)17(22)23-4/h12,18H,5-9H2,1-4H3. The Morgan fingerprint density at radius 3 is 2.38 bits per heavy atom. The third-order valence-corrected chi connectivity index (χ3v) is 4.44. The maximum absolute atomic E-state index is 12.7. The summed E-state index contributed by atoms with van der Waals surface area (Å²) < 4.78 is 9.80. The average molecular weight is 336 g/mol. The normalized spacial score (nSPS) is 15.2. The molecule has 1 aliphatic rings. The zero-order valence-corrected chi connectivity index (χ0v) is 14.6. The molecule has 0 atom stereocenters. The van der Waals surface area contributed by atoms with Gasteiger partial charge in [0.05, 0.1) is 25.2 Å². The van der Waals surface area contributed by atoms with Gasteiger partial charge in [0.15, 0.2) is 0 Å². The number of amides is 1. The fraction of sp³-hybridized carbons (Fsp3) is 0.588. The van der Waals surface area contributed by atoms with E-state index in [-0.39, 0.29) is 17.8 Å². The second kappa shape index (κ2) is 7.51. The van der Waals surface area contributed by atoms with E-state index in [1.807, 2.05) is 0 Å². The monoisotopic (exact) mass is 336 g/mol. The number of likely N-dealkylation sites (tertiary alicyclic amines) is 1. The number of aryl methyl sites for hydroxylation is 1. The fourth-order valence-corrected chi connectivity index (χ4v) is 3.11. The van der Waals surface area contributed by atoms with Crippen LogP contribution in [0.4, 0.5) is 0 Å². The summed E-state index contributed by atoms with van der Waals surface area (Å²) in [6.07, 6.45) is 1.18. The van der Waals surface area contributed by atoms with Crippen LogP contribution in [0.3, 0.4) is 0 Å². The molecule has 0 aliphatic carbocycles. The molecule has 1 aromatic rings. The van der Waals surface area contributed by atoms with Crippen molar-refractivity contribution in [3.8, 4) is 0 Å². The van der Waals surface area contributed by atoms with Crippen molar-refractivity contribution in [2.45, 2.75) is 33.6 Å². The van der Waals surface area contributed by atoms with Crippen LogP contribution in [0.1, 0.15) is 51.9 Å². The number of hydrogen-bond acceptors (Lipinski definition) is 5. The third-order valence-electron chi connectivity index (χ3n) is 4.44. The van der Waals surface area contributed by atoms with Gasteiger partial charge in [0.2, 0.25) is 0 Å². The number of nitrogens with zero attached hydrogens (tertiary/aromatic N) is 1. The number of hydrogen-bond donors (Lipinski definition) is 1. The van der Waals surface area contributed by atoms with Crippen LogP contribution < -0.4 is 0 Å². The summed E-state index contributed by atoms with van der Waals surface area (Å²) in [5.41, 5.74) is 2.02. The van der Waals surface area contributed by atoms with Gasteiger partial charge in [-0.3, -0.25) is 9.59 Å². The summed E-state index contributed by atoms with van der Waals surface area (Å²) in [4.78, 5) is 41.0. The minimum absolute atomic E-state index is 0.147. The zero-order valence-electron chi connectivity index (χ0n) is 14.6. The van der Waals surface area contributed by atoms with Crippen molar-refractivity contribution in [2.75, 3.05) is 26.8 Å². The minimum Gasteiger partial charge on any atom is -0.466 e. The predicted molar refractivity (Wildman–Crippen MR) is 86.9 cm³/mol. The van der Waals surface area contributed by atoms with E-state index in [0.717, 1.165) is 0 Å². The van der Waals surface area contributed by atoms with Gasteiger partial charge in [-0.1, -0.05) is 0 Å². The van der Waals surface area contributed by atoms with Crippen molar-refractivity contribution in [3.05, 3.63) is 22.5 Å². The molecule has 1 saturated heterocycles. The topological polar surface area (TPSA) is 88.7 Å². The molecule has 0 aromatic carbocycles. The first kappa shape index (κ1) is 18.0. The van der Waals surface area contributed by atoms with Crippen LogP contribution in [0.5, 0.6) is 0 Å². The first-order valence-electron chi connectivity index (χ1n) is 8.14. The van der Waals surface area contributed by atoms with Crippen LogP contribution >= 0.6 is 0 Å². The van der Waals surface area contributed by atoms with Crippen LogP contribution in [0.2, 0.25) is 0 Å². The van der Waals surface area contributed by atoms with Gasteiger partial charge >= 0.3 is 11.9 Å². The van der Waals surface area contributed by atoms with E-state index in [4.69, 9.17) is 9.47 Å². The first-order chi connectivity index (χ1) is 11.4. The Morgan fingerprint density at radius 1 is 1.21 bits per heavy atom. The number of piperidine rings is 1. The fourth-order valence-electron chi connectivity index (χ4n) is 3.11. The van der Waals surface area contributed by atoms with Crippen LogP contribution in [0, 0.1) is 19.8 Å². The van der Waals surface area contributed by atoms with Gasteiger partial charge in [-0.2, -0.15) is 0 Å². The molecular weight excluding hydrogens is 312 g/mol. The molecule has 132 valence electrons. The molecule has 7 nitrogen and oxygen atoms in total. The lowest BCUT2D eigenvalue weighted by atomic mass is 9.96. The number of H-pyrrole nitrogens is 1. The molecular formula is C17H24N2O5. The van der Waals surface area contributed by atoms with E-state index in [0.29, 0.717) is 55.1 Å². The minimum atomic E-state index is -0.457. The van der Waals surface area contributed by atoms with Crippen LogP contribution in [-0.4, -0.2) is 54.5 Å². The Bertz CT molecular complexity index is 642. The number of aromatic amines is 1. The molecule has 1 N–H and O–H groups in total. The van der Waals surface area contributed by atoms with Gasteiger partial charge < -0.3 is 19.4 Å². The largest absolute Gasteiger partial charge is 0.466 e. The number of carbonyl (C=O) groups excluding carboxylic acids is 3. The third kappa shape index (κ3) is 3.44. The van der Waals surface area contributed by atoms with E-state index < -0.39 is 5.97 Å². The van der Waals surface area contributed by atoms with Gasteiger partial charge in [-0.25, -0.2) is 4.79 Å². The van der Waals surface area contributed by atoms with Gasteiger partial charge in [-0.15, -0.1) is 0 Å². The molecule has 2 heterocycles. The lowest BCUT2D eigenvalue weighted by molar-refractivity contribution is -0.149. The number of aromatic nitrogens is 1. The maximum Gasteiger partial charge on any atom is 0.339 e. The van der Waals surface area contributed by atoms with Gasteiger partial charge in [0.1, 0.15) is 5.69 Å². The quantitative estimate of drug-likeness (QED) is 0.848. The summed E-state index contributed by atoms with van der Waals surface area (Å²) in [7, 11) is 1.32. The second-order valence-electron chi connectivity index (χ2n) is 5.94. The predicted octanol–water partition coefficient (Wildman–Crippen LogP) is 1.83. The Hall–Kier alpha value is -2.31. The van der Waals surface area contributed by atoms with Crippen LogP contribution in [0.25, 0.3) is 0 Å². The SMILES string of the molecule is CCOC(=O)C1CCN(C(=O)c2[nH]c(C)c(C(=O)OC)c2C)CC1. The average Bonchev–Trinajstić information content (AvgIpc) is 2.88. The molecule has 0 unspecified atom stereocenters. The number of esters is 2. The highest BCUT2D eigenvalue weighted by molar-refractivity contribution is 6.00. The van der Waals surface area contributed by atoms with Gasteiger partial charge in [0.25, 0.3) is 5.91 Å². The highest BCUT2D eigenvalue weighted by atomic mass is 16.5. The number of methoxy groups -OCH3 is 1. The number of nitrogens with one attached hydrogen (secondary N) is 1. The summed E-state index contributed by atoms with van der Waals surface area (Å²) in [5, 5.41) is 0. The molecule has 1 aromatic heterocycles. The molecule has 1 amide bonds. The number of rotatable bonds is 4. The highest BCUT2D eigenvalue weighted by Crippen LogP contribution is 2.24. The number of carbonyl (C=O) groups is 3. The Morgan fingerprint density at radius 2 is 1.83 bits per heavy atom. The maximum atomic E-state index is 12.7. The van der Waals surface area contributed by atoms with E-state index in [1.54, 1.807) is 25.7 Å². The lowest BCUT2D eigenvalue weighted by Crippen LogP contribution is -2.41. The molecule has 24 heavy (non-hydrogen) atoms. The van der Waals surface area contributed by atoms with E-state index >= 15 is 0 Å². The van der Waals surface area contributed by atoms with Crippen LogP contribution in [0.15, 0.2) is 0 Å². The summed E-state index contributed by atoms with van der Waals surface area (Å²) in [6.45, 7) is 6.61. The van der Waals surface area contributed by atoms with Crippen molar-refractivity contribution in [3.63, 3.8) is 0 Å². The van der Waals surface area contributed by atoms with Crippen molar-refractivity contribution in [2.24, 2.45) is 5.92 Å². The van der Waals surface area contributed by atoms with E-state index in [2.05, 4.69) is 4.98 Å². The first-order valence-corrected chi connectivity index (χ1v) is 8.14. The molecule has 0 bridgehead atoms. The van der Waals surface area contributed by atoms with E-state index in [1.165, 1.54) is 7.11 Å². The smallest absolute Gasteiger partial charge is 0.339 e. The summed E-state index contributed by atoms with van der Waals surface area (Å²) in [6, 6.07) is 0. The highest BCUT2D eigenvalue weighted by Gasteiger charge is 2.31. The molecule has 1 fully saturated rings. The molecule has 1 aliphatic heterocycles.